The molecule has 0 amide bonds. The van der Waals surface area contributed by atoms with Crippen LogP contribution in [0.5, 0.6) is 5.88 Å². The summed E-state index contributed by atoms with van der Waals surface area (Å²) in [5.41, 5.74) is -0.0851. The van der Waals surface area contributed by atoms with Crippen molar-refractivity contribution in [2.24, 2.45) is 0 Å². The number of rotatable bonds is 6. The van der Waals surface area contributed by atoms with E-state index in [2.05, 4.69) is 15.4 Å². The summed E-state index contributed by atoms with van der Waals surface area (Å²) in [7, 11) is 1.46. The lowest BCUT2D eigenvalue weighted by molar-refractivity contribution is -0.384. The van der Waals surface area contributed by atoms with Gasteiger partial charge in [0.05, 0.1) is 18.6 Å². The minimum absolute atomic E-state index is 0.0757. The van der Waals surface area contributed by atoms with Crippen LogP contribution in [0.3, 0.4) is 0 Å². The van der Waals surface area contributed by atoms with E-state index in [1.54, 1.807) is 10.9 Å². The van der Waals surface area contributed by atoms with Crippen LogP contribution < -0.4 is 10.1 Å². The molecule has 0 aliphatic heterocycles. The number of hydrogen-bond acceptors (Lipinski definition) is 6. The molecule has 8 heteroatoms. The number of aromatic nitrogens is 3. The minimum atomic E-state index is -0.477. The molecule has 0 fully saturated rings. The van der Waals surface area contributed by atoms with E-state index >= 15 is 0 Å². The van der Waals surface area contributed by atoms with E-state index in [1.165, 1.54) is 19.2 Å². The Bertz CT molecular complexity index is 585. The summed E-state index contributed by atoms with van der Waals surface area (Å²) in [5.74, 6) is 0.512. The lowest BCUT2D eigenvalue weighted by Gasteiger charge is -2.15. The Morgan fingerprint density at radius 3 is 2.95 bits per heavy atom. The quantitative estimate of drug-likeness (QED) is 0.637. The Labute approximate surface area is 115 Å². The van der Waals surface area contributed by atoms with E-state index in [0.717, 1.165) is 0 Å². The van der Waals surface area contributed by atoms with E-state index in [0.29, 0.717) is 12.4 Å². The summed E-state index contributed by atoms with van der Waals surface area (Å²) in [4.78, 5) is 14.6. The van der Waals surface area contributed by atoms with Crippen LogP contribution in [0.15, 0.2) is 30.6 Å². The van der Waals surface area contributed by atoms with Crippen molar-refractivity contribution in [2.75, 3.05) is 12.4 Å². The van der Waals surface area contributed by atoms with Gasteiger partial charge in [-0.15, -0.1) is 0 Å². The van der Waals surface area contributed by atoms with Crippen molar-refractivity contribution in [3.63, 3.8) is 0 Å². The fourth-order valence-electron chi connectivity index (χ4n) is 1.77. The predicted octanol–water partition coefficient (Wildman–Crippen LogP) is 1.70. The molecule has 2 aromatic rings. The van der Waals surface area contributed by atoms with Gasteiger partial charge in [0.1, 0.15) is 0 Å². The normalized spacial score (nSPS) is 11.9. The summed E-state index contributed by atoms with van der Waals surface area (Å²) < 4.78 is 6.73. The topological polar surface area (TPSA) is 95.1 Å². The molecule has 0 aromatic carbocycles. The first-order chi connectivity index (χ1) is 9.60. The molecule has 2 heterocycles. The third-order valence-electron chi connectivity index (χ3n) is 2.66. The van der Waals surface area contributed by atoms with Gasteiger partial charge < -0.3 is 10.1 Å². The van der Waals surface area contributed by atoms with E-state index in [-0.39, 0.29) is 17.5 Å². The van der Waals surface area contributed by atoms with E-state index in [1.807, 2.05) is 19.2 Å². The van der Waals surface area contributed by atoms with Gasteiger partial charge in [0.15, 0.2) is 0 Å². The molecule has 0 aliphatic rings. The maximum absolute atomic E-state index is 11.0. The molecule has 0 radical (unpaired) electrons. The van der Waals surface area contributed by atoms with E-state index < -0.39 is 4.92 Å². The predicted molar refractivity (Wildman–Crippen MR) is 72.8 cm³/mol. The van der Waals surface area contributed by atoms with Crippen molar-refractivity contribution < 1.29 is 9.66 Å². The summed E-state index contributed by atoms with van der Waals surface area (Å²) >= 11 is 0. The molecule has 0 saturated heterocycles. The molecule has 2 rings (SSSR count). The zero-order valence-electron chi connectivity index (χ0n) is 11.2. The average Bonchev–Trinajstić information content (AvgIpc) is 2.90. The fourth-order valence-corrected chi connectivity index (χ4v) is 1.77. The number of pyridine rings is 1. The number of nitro groups is 1. The third kappa shape index (κ3) is 3.22. The number of hydrogen-bond donors (Lipinski definition) is 1. The summed E-state index contributed by atoms with van der Waals surface area (Å²) in [6, 6.07) is 4.57. The Morgan fingerprint density at radius 2 is 2.35 bits per heavy atom. The van der Waals surface area contributed by atoms with Gasteiger partial charge >= 0.3 is 5.69 Å². The van der Waals surface area contributed by atoms with Crippen molar-refractivity contribution in [1.29, 1.82) is 0 Å². The second kappa shape index (κ2) is 6.00. The van der Waals surface area contributed by atoms with E-state index in [4.69, 9.17) is 4.74 Å². The zero-order chi connectivity index (χ0) is 14.5. The molecule has 2 aromatic heterocycles. The summed E-state index contributed by atoms with van der Waals surface area (Å²) in [5, 5.41) is 18.1. The highest BCUT2D eigenvalue weighted by molar-refractivity contribution is 5.57. The number of methoxy groups -OCH3 is 1. The van der Waals surface area contributed by atoms with Crippen molar-refractivity contribution >= 4 is 11.5 Å². The van der Waals surface area contributed by atoms with Crippen molar-refractivity contribution in [1.82, 2.24) is 14.8 Å². The van der Waals surface area contributed by atoms with Gasteiger partial charge in [-0.05, 0) is 13.0 Å². The highest BCUT2D eigenvalue weighted by atomic mass is 16.6. The van der Waals surface area contributed by atoms with Gasteiger partial charge in [0, 0.05) is 30.6 Å². The Hall–Kier alpha value is -2.64. The van der Waals surface area contributed by atoms with Crippen LogP contribution in [0.1, 0.15) is 6.92 Å². The molecule has 0 bridgehead atoms. The zero-order valence-corrected chi connectivity index (χ0v) is 11.2. The van der Waals surface area contributed by atoms with Crippen LogP contribution in [-0.4, -0.2) is 32.8 Å². The van der Waals surface area contributed by atoms with Crippen LogP contribution in [0.4, 0.5) is 11.5 Å². The lowest BCUT2D eigenvalue weighted by Crippen LogP contribution is -2.23. The molecular weight excluding hydrogens is 262 g/mol. The molecule has 0 spiro atoms. The minimum Gasteiger partial charge on any atom is -0.481 e. The van der Waals surface area contributed by atoms with Crippen molar-refractivity contribution in [3.05, 3.63) is 40.7 Å². The molecule has 8 nitrogen and oxygen atoms in total. The molecule has 1 unspecified atom stereocenters. The Kier molecular flexibility index (Phi) is 4.14. The smallest absolute Gasteiger partial charge is 0.311 e. The molecule has 0 aliphatic carbocycles. The first-order valence-electron chi connectivity index (χ1n) is 6.03. The summed E-state index contributed by atoms with van der Waals surface area (Å²) in [6.07, 6.45) is 3.50. The number of nitrogens with one attached hydrogen (secondary N) is 1. The average molecular weight is 277 g/mol. The van der Waals surface area contributed by atoms with Gasteiger partial charge in [0.25, 0.3) is 0 Å². The molecule has 0 saturated carbocycles. The molecule has 106 valence electrons. The maximum Gasteiger partial charge on any atom is 0.311 e. The first-order valence-corrected chi connectivity index (χ1v) is 6.03. The largest absolute Gasteiger partial charge is 0.481 e. The first kappa shape index (κ1) is 13.8. The monoisotopic (exact) mass is 277 g/mol. The van der Waals surface area contributed by atoms with Crippen LogP contribution in [-0.2, 0) is 6.54 Å². The number of nitrogens with zero attached hydrogens (tertiary/aromatic N) is 4. The highest BCUT2D eigenvalue weighted by Gasteiger charge is 2.18. The maximum atomic E-state index is 11.0. The number of anilines is 1. The van der Waals surface area contributed by atoms with Gasteiger partial charge in [-0.1, -0.05) is 0 Å². The van der Waals surface area contributed by atoms with Gasteiger partial charge in [-0.3, -0.25) is 14.8 Å². The van der Waals surface area contributed by atoms with Crippen LogP contribution in [0.2, 0.25) is 0 Å². The molecular formula is C12H15N5O3. The number of ether oxygens (including phenoxy) is 1. The van der Waals surface area contributed by atoms with Crippen LogP contribution in [0.25, 0.3) is 0 Å². The molecule has 1 N–H and O–H groups in total. The van der Waals surface area contributed by atoms with Crippen LogP contribution >= 0.6 is 0 Å². The SMILES string of the molecule is COc1ccc([N+](=O)[O-])c(NC(C)Cn2cccn2)n1. The van der Waals surface area contributed by atoms with Gasteiger partial charge in [0.2, 0.25) is 11.7 Å². The van der Waals surface area contributed by atoms with Crippen LogP contribution in [0, 0.1) is 10.1 Å². The Balaban J connectivity index is 2.16. The van der Waals surface area contributed by atoms with Crippen molar-refractivity contribution in [3.8, 4) is 5.88 Å². The second-order valence-corrected chi connectivity index (χ2v) is 4.25. The van der Waals surface area contributed by atoms with Gasteiger partial charge in [-0.25, -0.2) is 0 Å². The molecule has 20 heavy (non-hydrogen) atoms. The molecule has 1 atom stereocenters. The fraction of sp³-hybridized carbons (Fsp3) is 0.333. The van der Waals surface area contributed by atoms with E-state index in [9.17, 15) is 10.1 Å². The highest BCUT2D eigenvalue weighted by Crippen LogP contribution is 2.25. The second-order valence-electron chi connectivity index (χ2n) is 4.25. The Morgan fingerprint density at radius 1 is 1.55 bits per heavy atom. The third-order valence-corrected chi connectivity index (χ3v) is 2.66. The lowest BCUT2D eigenvalue weighted by atomic mass is 10.3. The van der Waals surface area contributed by atoms with Crippen molar-refractivity contribution in [2.45, 2.75) is 19.5 Å². The standard InChI is InChI=1S/C12H15N5O3/c1-9(8-16-7-3-6-13-16)14-12-10(17(18)19)4-5-11(15-12)20-2/h3-7,9H,8H2,1-2H3,(H,14,15). The summed E-state index contributed by atoms with van der Waals surface area (Å²) in [6.45, 7) is 2.47. The van der Waals surface area contributed by atoms with Gasteiger partial charge in [-0.2, -0.15) is 10.1 Å².